The van der Waals surface area contributed by atoms with Crippen LogP contribution in [0.4, 0.5) is 4.79 Å². The highest BCUT2D eigenvalue weighted by Crippen LogP contribution is 2.13. The Bertz CT molecular complexity index is 511. The highest BCUT2D eigenvalue weighted by Gasteiger charge is 2.23. The van der Waals surface area contributed by atoms with Crippen molar-refractivity contribution in [2.45, 2.75) is 51.5 Å². The first kappa shape index (κ1) is 18.3. The molecule has 24 heavy (non-hydrogen) atoms. The van der Waals surface area contributed by atoms with Gasteiger partial charge in [-0.1, -0.05) is 43.7 Å². The van der Waals surface area contributed by atoms with Crippen LogP contribution in [-0.2, 0) is 16.0 Å². The van der Waals surface area contributed by atoms with E-state index in [1.165, 1.54) is 5.56 Å². The minimum atomic E-state index is -0.336. The maximum atomic E-state index is 12.3. The number of rotatable bonds is 7. The van der Waals surface area contributed by atoms with Crippen molar-refractivity contribution >= 4 is 12.0 Å². The van der Waals surface area contributed by atoms with Crippen molar-refractivity contribution in [2.75, 3.05) is 19.7 Å². The Kier molecular flexibility index (Phi) is 7.59. The number of likely N-dealkylation sites (tertiary alicyclic amines) is 1. The lowest BCUT2D eigenvalue weighted by molar-refractivity contribution is -0.132. The molecule has 0 radical (unpaired) electrons. The van der Waals surface area contributed by atoms with Gasteiger partial charge in [-0.25, -0.2) is 4.79 Å². The Balaban J connectivity index is 1.64. The molecular weight excluding hydrogens is 304 g/mol. The summed E-state index contributed by atoms with van der Waals surface area (Å²) in [7, 11) is 0. The van der Waals surface area contributed by atoms with Gasteiger partial charge in [0.25, 0.3) is 0 Å². The molecule has 0 aliphatic carbocycles. The number of amides is 2. The monoisotopic (exact) mass is 332 g/mol. The fourth-order valence-corrected chi connectivity index (χ4v) is 2.84. The van der Waals surface area contributed by atoms with Gasteiger partial charge in [0, 0.05) is 25.6 Å². The van der Waals surface area contributed by atoms with E-state index >= 15 is 0 Å². The van der Waals surface area contributed by atoms with Crippen LogP contribution >= 0.6 is 0 Å². The maximum Gasteiger partial charge on any atom is 0.407 e. The molecule has 1 aliphatic rings. The van der Waals surface area contributed by atoms with Crippen LogP contribution in [0, 0.1) is 0 Å². The first-order valence-electron chi connectivity index (χ1n) is 8.94. The Morgan fingerprint density at radius 2 is 1.92 bits per heavy atom. The van der Waals surface area contributed by atoms with Crippen molar-refractivity contribution in [3.05, 3.63) is 35.9 Å². The molecule has 132 valence electrons. The smallest absolute Gasteiger partial charge is 0.407 e. The summed E-state index contributed by atoms with van der Waals surface area (Å²) in [5.41, 5.74) is 1.19. The Morgan fingerprint density at radius 3 is 2.58 bits per heavy atom. The van der Waals surface area contributed by atoms with Crippen LogP contribution in [0.25, 0.3) is 0 Å². The van der Waals surface area contributed by atoms with E-state index in [2.05, 4.69) is 12.2 Å². The summed E-state index contributed by atoms with van der Waals surface area (Å²) in [6.07, 6.45) is 4.47. The van der Waals surface area contributed by atoms with Crippen LogP contribution in [0.3, 0.4) is 0 Å². The molecule has 0 bridgehead atoms. The van der Waals surface area contributed by atoms with E-state index in [4.69, 9.17) is 4.74 Å². The van der Waals surface area contributed by atoms with Gasteiger partial charge in [-0.15, -0.1) is 0 Å². The average Bonchev–Trinajstić information content (AvgIpc) is 2.61. The van der Waals surface area contributed by atoms with Gasteiger partial charge < -0.3 is 15.0 Å². The van der Waals surface area contributed by atoms with Gasteiger partial charge in [-0.3, -0.25) is 4.79 Å². The molecule has 1 heterocycles. The minimum absolute atomic E-state index is 0.109. The molecule has 0 spiro atoms. The Hall–Kier alpha value is -2.04. The number of nitrogens with one attached hydrogen (secondary N) is 1. The summed E-state index contributed by atoms with van der Waals surface area (Å²) in [6, 6.07) is 10.2. The molecule has 1 aromatic rings. The van der Waals surface area contributed by atoms with Crippen LogP contribution < -0.4 is 5.32 Å². The van der Waals surface area contributed by atoms with Crippen molar-refractivity contribution < 1.29 is 14.3 Å². The number of alkyl carbamates (subject to hydrolysis) is 1. The summed E-state index contributed by atoms with van der Waals surface area (Å²) in [4.78, 5) is 25.8. The molecule has 0 saturated carbocycles. The molecule has 1 saturated heterocycles. The molecule has 1 aliphatic heterocycles. The van der Waals surface area contributed by atoms with Gasteiger partial charge in [-0.05, 0) is 31.2 Å². The molecule has 5 nitrogen and oxygen atoms in total. The summed E-state index contributed by atoms with van der Waals surface area (Å²) in [6.45, 7) is 3.94. The van der Waals surface area contributed by atoms with Crippen molar-refractivity contribution in [3.63, 3.8) is 0 Å². The van der Waals surface area contributed by atoms with Gasteiger partial charge in [0.15, 0.2) is 0 Å². The third kappa shape index (κ3) is 6.22. The van der Waals surface area contributed by atoms with Crippen molar-refractivity contribution in [1.82, 2.24) is 10.2 Å². The van der Waals surface area contributed by atoms with Gasteiger partial charge >= 0.3 is 6.09 Å². The van der Waals surface area contributed by atoms with Gasteiger partial charge in [0.1, 0.15) is 0 Å². The standard InChI is InChI=1S/C19H28N2O3/c1-2-3-15-24-19(23)20-17-11-13-21(14-12-17)18(22)10-9-16-7-5-4-6-8-16/h4-8,17H,2-3,9-15H2,1H3,(H,20,23). The summed E-state index contributed by atoms with van der Waals surface area (Å²) < 4.78 is 5.12. The number of carbonyl (C=O) groups excluding carboxylic acids is 2. The predicted octanol–water partition coefficient (Wildman–Crippen LogP) is 3.14. The Labute approximate surface area is 144 Å². The number of unbranched alkanes of at least 4 members (excludes halogenated alkanes) is 1. The highest BCUT2D eigenvalue weighted by molar-refractivity contribution is 5.76. The zero-order valence-corrected chi connectivity index (χ0v) is 14.5. The molecule has 1 N–H and O–H groups in total. The van der Waals surface area contributed by atoms with Crippen LogP contribution in [0.5, 0.6) is 0 Å². The van der Waals surface area contributed by atoms with Crippen molar-refractivity contribution in [3.8, 4) is 0 Å². The van der Waals surface area contributed by atoms with Gasteiger partial charge in [0.05, 0.1) is 6.61 Å². The molecule has 2 rings (SSSR count). The molecular formula is C19H28N2O3. The summed E-state index contributed by atoms with van der Waals surface area (Å²) >= 11 is 0. The molecule has 2 amide bonds. The zero-order chi connectivity index (χ0) is 17.2. The third-order valence-corrected chi connectivity index (χ3v) is 4.37. The van der Waals surface area contributed by atoms with Crippen LogP contribution in [-0.4, -0.2) is 42.6 Å². The second kappa shape index (κ2) is 9.96. The number of nitrogens with zero attached hydrogens (tertiary/aromatic N) is 1. The van der Waals surface area contributed by atoms with Crippen molar-refractivity contribution in [1.29, 1.82) is 0 Å². The van der Waals surface area contributed by atoms with Crippen molar-refractivity contribution in [2.24, 2.45) is 0 Å². The van der Waals surface area contributed by atoms with E-state index in [0.29, 0.717) is 26.1 Å². The fraction of sp³-hybridized carbons (Fsp3) is 0.579. The number of carbonyl (C=O) groups is 2. The minimum Gasteiger partial charge on any atom is -0.450 e. The lowest BCUT2D eigenvalue weighted by Crippen LogP contribution is -2.46. The highest BCUT2D eigenvalue weighted by atomic mass is 16.5. The van der Waals surface area contributed by atoms with Crippen LogP contribution in [0.1, 0.15) is 44.6 Å². The SMILES string of the molecule is CCCCOC(=O)NC1CCN(C(=O)CCc2ccccc2)CC1. The number of ether oxygens (including phenoxy) is 1. The first-order chi connectivity index (χ1) is 11.7. The number of hydrogen-bond acceptors (Lipinski definition) is 3. The van der Waals surface area contributed by atoms with Gasteiger partial charge in [-0.2, -0.15) is 0 Å². The summed E-state index contributed by atoms with van der Waals surface area (Å²) in [5.74, 6) is 0.197. The number of aryl methyl sites for hydroxylation is 1. The molecule has 5 heteroatoms. The quantitative estimate of drug-likeness (QED) is 0.780. The molecule has 1 fully saturated rings. The fourth-order valence-electron chi connectivity index (χ4n) is 2.84. The average molecular weight is 332 g/mol. The molecule has 0 unspecified atom stereocenters. The van der Waals surface area contributed by atoms with E-state index in [-0.39, 0.29) is 18.0 Å². The maximum absolute atomic E-state index is 12.3. The van der Waals surface area contributed by atoms with E-state index < -0.39 is 0 Å². The molecule has 1 aromatic carbocycles. The largest absolute Gasteiger partial charge is 0.450 e. The van der Waals surface area contributed by atoms with E-state index in [9.17, 15) is 9.59 Å². The van der Waals surface area contributed by atoms with E-state index in [1.807, 2.05) is 35.2 Å². The summed E-state index contributed by atoms with van der Waals surface area (Å²) in [5, 5.41) is 2.90. The second-order valence-electron chi connectivity index (χ2n) is 6.27. The molecule has 0 aromatic heterocycles. The van der Waals surface area contributed by atoms with Crippen LogP contribution in [0.15, 0.2) is 30.3 Å². The normalized spacial score (nSPS) is 15.1. The van der Waals surface area contributed by atoms with Crippen LogP contribution in [0.2, 0.25) is 0 Å². The lowest BCUT2D eigenvalue weighted by atomic mass is 10.0. The topological polar surface area (TPSA) is 58.6 Å². The van der Waals surface area contributed by atoms with E-state index in [0.717, 1.165) is 32.1 Å². The third-order valence-electron chi connectivity index (χ3n) is 4.37. The predicted molar refractivity (Wildman–Crippen MR) is 93.8 cm³/mol. The zero-order valence-electron chi connectivity index (χ0n) is 14.5. The first-order valence-corrected chi connectivity index (χ1v) is 8.94. The number of piperidine rings is 1. The second-order valence-corrected chi connectivity index (χ2v) is 6.27. The van der Waals surface area contributed by atoms with E-state index in [1.54, 1.807) is 0 Å². The lowest BCUT2D eigenvalue weighted by Gasteiger charge is -2.32. The molecule has 0 atom stereocenters. The van der Waals surface area contributed by atoms with Gasteiger partial charge in [0.2, 0.25) is 5.91 Å². The number of hydrogen-bond donors (Lipinski definition) is 1. The number of benzene rings is 1. The Morgan fingerprint density at radius 1 is 1.21 bits per heavy atom.